The van der Waals surface area contributed by atoms with Gasteiger partial charge in [-0.3, -0.25) is 4.79 Å². The number of hydrogen-bond acceptors (Lipinski definition) is 3. The molecule has 0 saturated heterocycles. The van der Waals surface area contributed by atoms with Gasteiger partial charge in [0.15, 0.2) is 0 Å². The molecule has 1 aromatic carbocycles. The predicted octanol–water partition coefficient (Wildman–Crippen LogP) is 3.74. The van der Waals surface area contributed by atoms with Gasteiger partial charge in [-0.2, -0.15) is 4.39 Å². The molecule has 0 radical (unpaired) electrons. The minimum absolute atomic E-state index is 0.126. The van der Waals surface area contributed by atoms with Gasteiger partial charge < -0.3 is 15.0 Å². The zero-order chi connectivity index (χ0) is 17.4. The fourth-order valence-electron chi connectivity index (χ4n) is 2.35. The fraction of sp³-hybridized carbons (Fsp3) is 0.250. The molecular formula is C16H13BrF2N2O3. The Morgan fingerprint density at radius 3 is 2.67 bits per heavy atom. The number of aromatic nitrogens is 1. The summed E-state index contributed by atoms with van der Waals surface area (Å²) >= 11 is 3.09. The molecule has 2 aromatic rings. The monoisotopic (exact) mass is 398 g/mol. The summed E-state index contributed by atoms with van der Waals surface area (Å²) in [6.45, 7) is 0.281. The molecule has 1 heterocycles. The van der Waals surface area contributed by atoms with E-state index in [0.717, 1.165) is 29.7 Å². The maximum atomic E-state index is 14.5. The van der Waals surface area contributed by atoms with Gasteiger partial charge in [0.25, 0.3) is 5.56 Å². The third kappa shape index (κ3) is 3.33. The van der Waals surface area contributed by atoms with Crippen LogP contribution in [0.1, 0.15) is 23.2 Å². The SMILES string of the molecule is O=C(O)c1cn(CC2CC2)c(=O)c(F)c1Nc1ccc(Br)cc1F. The van der Waals surface area contributed by atoms with E-state index in [1.807, 2.05) is 0 Å². The highest BCUT2D eigenvalue weighted by Crippen LogP contribution is 2.31. The number of carbonyl (C=O) groups is 1. The van der Waals surface area contributed by atoms with E-state index in [4.69, 9.17) is 0 Å². The number of carboxylic acids is 1. The van der Waals surface area contributed by atoms with Crippen LogP contribution in [-0.4, -0.2) is 15.6 Å². The standard InChI is InChI=1S/C16H13BrF2N2O3/c17-9-3-4-12(11(18)5-9)20-14-10(16(23)24)7-21(6-8-1-2-8)15(22)13(14)19/h3-5,7-8,20H,1-2,6H2,(H,23,24). The van der Waals surface area contributed by atoms with Gasteiger partial charge in [0.1, 0.15) is 11.4 Å². The van der Waals surface area contributed by atoms with Crippen molar-refractivity contribution < 1.29 is 18.7 Å². The number of pyridine rings is 1. The normalized spacial score (nSPS) is 13.8. The Hall–Kier alpha value is -2.22. The molecule has 126 valence electrons. The summed E-state index contributed by atoms with van der Waals surface area (Å²) in [5.41, 5.74) is -2.01. The number of hydrogen-bond donors (Lipinski definition) is 2. The molecule has 2 N–H and O–H groups in total. The first-order valence-corrected chi connectivity index (χ1v) is 8.04. The number of halogens is 3. The highest BCUT2D eigenvalue weighted by Gasteiger charge is 2.26. The predicted molar refractivity (Wildman–Crippen MR) is 87.7 cm³/mol. The molecule has 3 rings (SSSR count). The zero-order valence-electron chi connectivity index (χ0n) is 12.4. The minimum atomic E-state index is -1.40. The van der Waals surface area contributed by atoms with Gasteiger partial charge in [-0.05, 0) is 37.0 Å². The summed E-state index contributed by atoms with van der Waals surface area (Å²) in [4.78, 5) is 23.6. The highest BCUT2D eigenvalue weighted by molar-refractivity contribution is 9.10. The molecule has 1 fully saturated rings. The Morgan fingerprint density at radius 2 is 2.08 bits per heavy atom. The topological polar surface area (TPSA) is 71.3 Å². The van der Waals surface area contributed by atoms with E-state index >= 15 is 0 Å². The third-order valence-corrected chi connectivity index (χ3v) is 4.29. The number of nitrogens with one attached hydrogen (secondary N) is 1. The lowest BCUT2D eigenvalue weighted by Crippen LogP contribution is -2.27. The third-order valence-electron chi connectivity index (χ3n) is 3.80. The van der Waals surface area contributed by atoms with E-state index in [2.05, 4.69) is 21.2 Å². The molecule has 1 aromatic heterocycles. The molecule has 1 aliphatic carbocycles. The zero-order valence-corrected chi connectivity index (χ0v) is 13.9. The number of anilines is 2. The van der Waals surface area contributed by atoms with Crippen molar-refractivity contribution in [2.24, 2.45) is 5.92 Å². The molecule has 5 nitrogen and oxygen atoms in total. The Kier molecular flexibility index (Phi) is 4.40. The molecule has 8 heteroatoms. The smallest absolute Gasteiger partial charge is 0.339 e. The van der Waals surface area contributed by atoms with Crippen LogP contribution in [0.3, 0.4) is 0 Å². The van der Waals surface area contributed by atoms with Gasteiger partial charge in [-0.25, -0.2) is 9.18 Å². The molecule has 0 amide bonds. The Balaban J connectivity index is 2.06. The lowest BCUT2D eigenvalue weighted by Gasteiger charge is -2.14. The Labute approximate surface area is 144 Å². The summed E-state index contributed by atoms with van der Waals surface area (Å²) in [7, 11) is 0. The van der Waals surface area contributed by atoms with Gasteiger partial charge in [0.05, 0.1) is 11.4 Å². The number of carboxylic acid groups (broad SMARTS) is 1. The molecule has 0 unspecified atom stereocenters. The van der Waals surface area contributed by atoms with Crippen LogP contribution in [-0.2, 0) is 6.54 Å². The first kappa shape index (κ1) is 16.6. The average Bonchev–Trinajstić information content (AvgIpc) is 3.32. The lowest BCUT2D eigenvalue weighted by atomic mass is 10.2. The van der Waals surface area contributed by atoms with Gasteiger partial charge in [-0.15, -0.1) is 0 Å². The van der Waals surface area contributed by atoms with Gasteiger partial charge in [-0.1, -0.05) is 15.9 Å². The van der Waals surface area contributed by atoms with Crippen LogP contribution in [0.25, 0.3) is 0 Å². The van der Waals surface area contributed by atoms with Crippen molar-refractivity contribution in [1.82, 2.24) is 4.57 Å². The second-order valence-corrected chi connectivity index (χ2v) is 6.60. The van der Waals surface area contributed by atoms with Crippen LogP contribution in [0.4, 0.5) is 20.2 Å². The van der Waals surface area contributed by atoms with E-state index in [1.165, 1.54) is 12.1 Å². The van der Waals surface area contributed by atoms with Crippen LogP contribution in [0.5, 0.6) is 0 Å². The van der Waals surface area contributed by atoms with Crippen LogP contribution in [0.2, 0.25) is 0 Å². The number of nitrogens with zero attached hydrogens (tertiary/aromatic N) is 1. The van der Waals surface area contributed by atoms with Gasteiger partial charge >= 0.3 is 5.97 Å². The maximum Gasteiger partial charge on any atom is 0.339 e. The Bertz CT molecular complexity index is 878. The molecule has 0 bridgehead atoms. The second-order valence-electron chi connectivity index (χ2n) is 5.69. The quantitative estimate of drug-likeness (QED) is 0.804. The van der Waals surface area contributed by atoms with E-state index in [9.17, 15) is 23.5 Å². The number of benzene rings is 1. The van der Waals surface area contributed by atoms with Crippen molar-refractivity contribution in [3.63, 3.8) is 0 Å². The first-order valence-electron chi connectivity index (χ1n) is 7.25. The molecular weight excluding hydrogens is 386 g/mol. The molecule has 1 aliphatic rings. The van der Waals surface area contributed by atoms with Crippen LogP contribution in [0, 0.1) is 17.6 Å². The summed E-state index contributed by atoms with van der Waals surface area (Å²) < 4.78 is 29.9. The largest absolute Gasteiger partial charge is 0.478 e. The molecule has 24 heavy (non-hydrogen) atoms. The summed E-state index contributed by atoms with van der Waals surface area (Å²) in [5, 5.41) is 11.7. The van der Waals surface area contributed by atoms with Crippen molar-refractivity contribution in [2.75, 3.05) is 5.32 Å². The van der Waals surface area contributed by atoms with Crippen molar-refractivity contribution in [3.8, 4) is 0 Å². The van der Waals surface area contributed by atoms with E-state index in [1.54, 1.807) is 0 Å². The molecule has 0 atom stereocenters. The van der Waals surface area contributed by atoms with E-state index in [0.29, 0.717) is 4.47 Å². The summed E-state index contributed by atoms with van der Waals surface area (Å²) in [6, 6.07) is 3.98. The molecule has 0 spiro atoms. The van der Waals surface area contributed by atoms with E-state index < -0.39 is 34.4 Å². The van der Waals surface area contributed by atoms with Gasteiger partial charge in [0, 0.05) is 17.2 Å². The summed E-state index contributed by atoms with van der Waals surface area (Å²) in [5.74, 6) is -3.08. The van der Waals surface area contributed by atoms with Crippen molar-refractivity contribution >= 4 is 33.3 Å². The second kappa shape index (κ2) is 6.35. The molecule has 0 aliphatic heterocycles. The fourth-order valence-corrected chi connectivity index (χ4v) is 2.69. The molecule has 1 saturated carbocycles. The average molecular weight is 399 g/mol. The van der Waals surface area contributed by atoms with E-state index in [-0.39, 0.29) is 18.2 Å². The highest BCUT2D eigenvalue weighted by atomic mass is 79.9. The lowest BCUT2D eigenvalue weighted by molar-refractivity contribution is 0.0696. The number of rotatable bonds is 5. The van der Waals surface area contributed by atoms with Gasteiger partial charge in [0.2, 0.25) is 5.82 Å². The van der Waals surface area contributed by atoms with Crippen molar-refractivity contribution in [1.29, 1.82) is 0 Å². The van der Waals surface area contributed by atoms with Crippen molar-refractivity contribution in [2.45, 2.75) is 19.4 Å². The number of aromatic carboxylic acids is 1. The Morgan fingerprint density at radius 1 is 1.38 bits per heavy atom. The van der Waals surface area contributed by atoms with Crippen LogP contribution < -0.4 is 10.9 Å². The van der Waals surface area contributed by atoms with Crippen LogP contribution in [0.15, 0.2) is 33.7 Å². The first-order chi connectivity index (χ1) is 11.4. The minimum Gasteiger partial charge on any atom is -0.478 e. The summed E-state index contributed by atoms with van der Waals surface area (Å²) in [6.07, 6.45) is 2.96. The van der Waals surface area contributed by atoms with Crippen LogP contribution >= 0.6 is 15.9 Å². The van der Waals surface area contributed by atoms with Crippen molar-refractivity contribution in [3.05, 3.63) is 56.4 Å². The maximum absolute atomic E-state index is 14.5.